The number of hydrogen-bond acceptors (Lipinski definition) is 4. The number of rotatable bonds is 10. The molecule has 1 N–H and O–H groups in total. The SMILES string of the molecule is CC(C)(C)OC(=O)N(CCCCCc1cc2c3c(c1)CCN3C(=O)CC2)CCCc1cccc(O)c1. The third-order valence-corrected chi connectivity index (χ3v) is 6.96. The van der Waals surface area contributed by atoms with Crippen LogP contribution in [0.5, 0.6) is 5.75 Å². The van der Waals surface area contributed by atoms with Crippen molar-refractivity contribution in [3.8, 4) is 5.75 Å². The number of carbonyl (C=O) groups is 2. The summed E-state index contributed by atoms with van der Waals surface area (Å²) in [6.45, 7) is 7.84. The Bertz CT molecular complexity index is 1090. The highest BCUT2D eigenvalue weighted by Gasteiger charge is 2.31. The van der Waals surface area contributed by atoms with Crippen molar-refractivity contribution in [2.24, 2.45) is 0 Å². The van der Waals surface area contributed by atoms with Gasteiger partial charge in [0.2, 0.25) is 5.91 Å². The van der Waals surface area contributed by atoms with Crippen LogP contribution in [-0.4, -0.2) is 47.2 Å². The van der Waals surface area contributed by atoms with Crippen molar-refractivity contribution in [1.29, 1.82) is 0 Å². The number of unbranched alkanes of at least 4 members (excludes halogenated alkanes) is 2. The maximum atomic E-state index is 12.8. The molecule has 0 aliphatic carbocycles. The summed E-state index contributed by atoms with van der Waals surface area (Å²) < 4.78 is 5.66. The van der Waals surface area contributed by atoms with Gasteiger partial charge in [-0.1, -0.05) is 30.7 Å². The molecule has 36 heavy (non-hydrogen) atoms. The molecule has 6 nitrogen and oxygen atoms in total. The molecule has 2 aliphatic heterocycles. The monoisotopic (exact) mass is 492 g/mol. The molecule has 2 heterocycles. The average Bonchev–Trinajstić information content (AvgIpc) is 3.24. The van der Waals surface area contributed by atoms with E-state index in [2.05, 4.69) is 12.1 Å². The Kier molecular flexibility index (Phi) is 8.22. The molecule has 2 aromatic rings. The molecule has 6 heteroatoms. The van der Waals surface area contributed by atoms with Crippen molar-refractivity contribution in [3.63, 3.8) is 0 Å². The normalized spacial score (nSPS) is 14.6. The number of ether oxygens (including phenoxy) is 1. The topological polar surface area (TPSA) is 70.1 Å². The molecule has 0 aromatic heterocycles. The number of aryl methyl sites for hydroxylation is 3. The van der Waals surface area contributed by atoms with Crippen LogP contribution in [-0.2, 0) is 35.2 Å². The van der Waals surface area contributed by atoms with E-state index in [1.54, 1.807) is 12.1 Å². The third kappa shape index (κ3) is 6.80. The fourth-order valence-corrected chi connectivity index (χ4v) is 5.29. The summed E-state index contributed by atoms with van der Waals surface area (Å²) in [4.78, 5) is 28.8. The minimum atomic E-state index is -0.519. The summed E-state index contributed by atoms with van der Waals surface area (Å²) in [7, 11) is 0. The van der Waals surface area contributed by atoms with E-state index in [1.165, 1.54) is 22.4 Å². The van der Waals surface area contributed by atoms with E-state index in [-0.39, 0.29) is 17.7 Å². The predicted molar refractivity (Wildman–Crippen MR) is 143 cm³/mol. The van der Waals surface area contributed by atoms with Crippen LogP contribution < -0.4 is 4.90 Å². The van der Waals surface area contributed by atoms with Crippen LogP contribution in [0.25, 0.3) is 0 Å². The van der Waals surface area contributed by atoms with Crippen LogP contribution in [0, 0.1) is 0 Å². The fraction of sp³-hybridized carbons (Fsp3) is 0.533. The molecule has 4 rings (SSSR count). The minimum Gasteiger partial charge on any atom is -0.508 e. The maximum Gasteiger partial charge on any atom is 0.410 e. The molecule has 0 bridgehead atoms. The van der Waals surface area contributed by atoms with Gasteiger partial charge in [0.1, 0.15) is 11.4 Å². The van der Waals surface area contributed by atoms with Gasteiger partial charge in [-0.3, -0.25) is 4.79 Å². The van der Waals surface area contributed by atoms with E-state index in [4.69, 9.17) is 4.74 Å². The van der Waals surface area contributed by atoms with Crippen molar-refractivity contribution in [2.45, 2.75) is 84.2 Å². The predicted octanol–water partition coefficient (Wildman–Crippen LogP) is 5.81. The van der Waals surface area contributed by atoms with Crippen molar-refractivity contribution >= 4 is 17.7 Å². The number of phenols is 1. The van der Waals surface area contributed by atoms with E-state index >= 15 is 0 Å². The number of carbonyl (C=O) groups excluding carboxylic acids is 2. The highest BCUT2D eigenvalue weighted by molar-refractivity contribution is 5.98. The third-order valence-electron chi connectivity index (χ3n) is 6.96. The van der Waals surface area contributed by atoms with Crippen molar-refractivity contribution < 1.29 is 19.4 Å². The number of hydrogen-bond donors (Lipinski definition) is 1. The van der Waals surface area contributed by atoms with Crippen LogP contribution in [0.1, 0.15) is 75.1 Å². The lowest BCUT2D eigenvalue weighted by atomic mass is 9.94. The summed E-state index contributed by atoms with van der Waals surface area (Å²) in [5.74, 6) is 0.542. The number of benzene rings is 2. The highest BCUT2D eigenvalue weighted by Crippen LogP contribution is 2.37. The van der Waals surface area contributed by atoms with Crippen molar-refractivity contribution in [1.82, 2.24) is 4.90 Å². The molecule has 0 saturated carbocycles. The Morgan fingerprint density at radius 1 is 0.944 bits per heavy atom. The molecular formula is C30H40N2O4. The Morgan fingerprint density at radius 3 is 2.42 bits per heavy atom. The Labute approximate surface area is 215 Å². The maximum absolute atomic E-state index is 12.8. The highest BCUT2D eigenvalue weighted by atomic mass is 16.6. The molecule has 2 amide bonds. The van der Waals surface area contributed by atoms with Gasteiger partial charge < -0.3 is 19.6 Å². The summed E-state index contributed by atoms with van der Waals surface area (Å²) in [6, 6.07) is 11.9. The average molecular weight is 493 g/mol. The van der Waals surface area contributed by atoms with E-state index < -0.39 is 5.60 Å². The molecule has 194 valence electrons. The van der Waals surface area contributed by atoms with Crippen molar-refractivity contribution in [3.05, 3.63) is 58.7 Å². The second kappa shape index (κ2) is 11.4. The standard InChI is InChI=1S/C30H40N2O4/c1-30(2,3)36-29(35)31(17-8-11-22-10-7-12-26(33)21-22)16-6-4-5-9-23-19-24-13-14-27(34)32-18-15-25(20-23)28(24)32/h7,10,12,19-21,33H,4-6,8-9,11,13-18H2,1-3H3. The molecule has 0 radical (unpaired) electrons. The molecule has 0 atom stereocenters. The van der Waals surface area contributed by atoms with Gasteiger partial charge in [0, 0.05) is 26.1 Å². The van der Waals surface area contributed by atoms with Crippen LogP contribution >= 0.6 is 0 Å². The molecule has 0 unspecified atom stereocenters. The van der Waals surface area contributed by atoms with Crippen LogP contribution in [0.3, 0.4) is 0 Å². The first-order valence-electron chi connectivity index (χ1n) is 13.4. The summed E-state index contributed by atoms with van der Waals surface area (Å²) in [5.41, 5.74) is 5.78. The lowest BCUT2D eigenvalue weighted by molar-refractivity contribution is -0.118. The summed E-state index contributed by atoms with van der Waals surface area (Å²) >= 11 is 0. The lowest BCUT2D eigenvalue weighted by Crippen LogP contribution is -2.38. The zero-order chi connectivity index (χ0) is 25.7. The van der Waals surface area contributed by atoms with Crippen molar-refractivity contribution in [2.75, 3.05) is 24.5 Å². The second-order valence-corrected chi connectivity index (χ2v) is 11.1. The van der Waals surface area contributed by atoms with Gasteiger partial charge >= 0.3 is 6.09 Å². The number of phenolic OH excluding ortho intramolecular Hbond substituents is 1. The van der Waals surface area contributed by atoms with Gasteiger partial charge in [0.15, 0.2) is 0 Å². The fourth-order valence-electron chi connectivity index (χ4n) is 5.29. The van der Waals surface area contributed by atoms with E-state index in [0.29, 0.717) is 19.5 Å². The van der Waals surface area contributed by atoms with Crippen LogP contribution in [0.15, 0.2) is 36.4 Å². The number of aromatic hydroxyl groups is 1. The van der Waals surface area contributed by atoms with Gasteiger partial charge in [-0.15, -0.1) is 0 Å². The number of amides is 2. The summed E-state index contributed by atoms with van der Waals surface area (Å²) in [6.07, 6.45) is 7.90. The molecular weight excluding hydrogens is 452 g/mol. The lowest BCUT2D eigenvalue weighted by Gasteiger charge is -2.27. The summed E-state index contributed by atoms with van der Waals surface area (Å²) in [5, 5.41) is 9.69. The van der Waals surface area contributed by atoms with Gasteiger partial charge in [0.25, 0.3) is 0 Å². The van der Waals surface area contributed by atoms with Crippen LogP contribution in [0.4, 0.5) is 10.5 Å². The van der Waals surface area contributed by atoms with E-state index in [0.717, 1.165) is 63.5 Å². The number of anilines is 1. The van der Waals surface area contributed by atoms with E-state index in [9.17, 15) is 14.7 Å². The molecule has 0 fully saturated rings. The van der Waals surface area contributed by atoms with Gasteiger partial charge in [-0.25, -0.2) is 4.79 Å². The minimum absolute atomic E-state index is 0.254. The number of nitrogens with zero attached hydrogens (tertiary/aromatic N) is 2. The quantitative estimate of drug-likeness (QED) is 0.425. The first kappa shape index (κ1) is 26.1. The molecule has 2 aliphatic rings. The smallest absolute Gasteiger partial charge is 0.410 e. The Morgan fingerprint density at radius 2 is 1.67 bits per heavy atom. The zero-order valence-electron chi connectivity index (χ0n) is 22.0. The zero-order valence-corrected chi connectivity index (χ0v) is 22.0. The van der Waals surface area contributed by atoms with Gasteiger partial charge in [-0.2, -0.15) is 0 Å². The van der Waals surface area contributed by atoms with E-state index in [1.807, 2.05) is 42.7 Å². The largest absolute Gasteiger partial charge is 0.508 e. The molecule has 0 spiro atoms. The first-order chi connectivity index (χ1) is 17.2. The molecule has 0 saturated heterocycles. The van der Waals surface area contributed by atoms with Gasteiger partial charge in [-0.05, 0) is 100 Å². The second-order valence-electron chi connectivity index (χ2n) is 11.1. The Hall–Kier alpha value is -3.02. The van der Waals surface area contributed by atoms with Gasteiger partial charge in [0.05, 0.1) is 5.69 Å². The Balaban J connectivity index is 1.26. The molecule has 2 aromatic carbocycles. The van der Waals surface area contributed by atoms with Crippen LogP contribution in [0.2, 0.25) is 0 Å². The first-order valence-corrected chi connectivity index (χ1v) is 13.4.